The topological polar surface area (TPSA) is 49.3 Å². The van der Waals surface area contributed by atoms with Gasteiger partial charge in [-0.15, -0.1) is 0 Å². The predicted molar refractivity (Wildman–Crippen MR) is 61.5 cm³/mol. The molecular weight excluding hydrogens is 198 g/mol. The van der Waals surface area contributed by atoms with Crippen LogP contribution in [0.4, 0.5) is 0 Å². The Balaban J connectivity index is 3.87. The van der Waals surface area contributed by atoms with E-state index in [9.17, 15) is 9.90 Å². The summed E-state index contributed by atoms with van der Waals surface area (Å²) in [5.41, 5.74) is -0.803. The van der Waals surface area contributed by atoms with E-state index in [0.717, 1.165) is 6.42 Å². The number of hydrogen-bond donors (Lipinski definition) is 2. The van der Waals surface area contributed by atoms with Crippen molar-refractivity contribution in [1.82, 2.24) is 5.32 Å². The predicted octanol–water partition coefficient (Wildman–Crippen LogP) is 1.26. The van der Waals surface area contributed by atoms with Gasteiger partial charge in [0.05, 0.1) is 5.60 Å². The highest BCUT2D eigenvalue weighted by molar-refractivity contribution is 7.98. The number of amides is 1. The minimum absolute atomic E-state index is 0.0221. The van der Waals surface area contributed by atoms with Crippen molar-refractivity contribution in [2.75, 3.05) is 18.6 Å². The summed E-state index contributed by atoms with van der Waals surface area (Å²) in [6.07, 6.45) is 2.77. The number of carbonyl (C=O) groups excluding carboxylic acids is 1. The van der Waals surface area contributed by atoms with Gasteiger partial charge in [-0.2, -0.15) is 11.8 Å². The van der Waals surface area contributed by atoms with Crippen molar-refractivity contribution in [3.8, 4) is 0 Å². The molecule has 0 heterocycles. The lowest BCUT2D eigenvalue weighted by molar-refractivity contribution is -0.125. The summed E-state index contributed by atoms with van der Waals surface area (Å²) < 4.78 is 0. The van der Waals surface area contributed by atoms with Gasteiger partial charge in [0.1, 0.15) is 0 Å². The van der Waals surface area contributed by atoms with Crippen molar-refractivity contribution in [1.29, 1.82) is 0 Å². The molecule has 0 radical (unpaired) electrons. The SMILES string of the molecule is CCC(C)C(=O)NCC(C)(O)CSC. The third-order valence-corrected chi connectivity index (χ3v) is 3.07. The molecule has 0 aliphatic rings. The minimum atomic E-state index is -0.803. The van der Waals surface area contributed by atoms with Gasteiger partial charge in [-0.05, 0) is 19.6 Å². The molecule has 2 unspecified atom stereocenters. The maximum absolute atomic E-state index is 11.4. The minimum Gasteiger partial charge on any atom is -0.387 e. The molecule has 0 spiro atoms. The number of aliphatic hydroxyl groups is 1. The molecule has 0 aliphatic heterocycles. The normalized spacial score (nSPS) is 17.2. The van der Waals surface area contributed by atoms with Crippen molar-refractivity contribution in [2.45, 2.75) is 32.8 Å². The summed E-state index contributed by atoms with van der Waals surface area (Å²) in [6.45, 7) is 5.93. The van der Waals surface area contributed by atoms with E-state index in [-0.39, 0.29) is 11.8 Å². The van der Waals surface area contributed by atoms with Gasteiger partial charge in [0, 0.05) is 18.2 Å². The first-order valence-electron chi connectivity index (χ1n) is 4.92. The molecule has 2 N–H and O–H groups in total. The quantitative estimate of drug-likeness (QED) is 0.707. The van der Waals surface area contributed by atoms with E-state index >= 15 is 0 Å². The number of nitrogens with one attached hydrogen (secondary N) is 1. The highest BCUT2D eigenvalue weighted by Gasteiger charge is 2.21. The third-order valence-electron chi connectivity index (χ3n) is 2.16. The Bertz CT molecular complexity index is 183. The molecule has 84 valence electrons. The molecule has 0 rings (SSSR count). The average Bonchev–Trinajstić information content (AvgIpc) is 2.13. The van der Waals surface area contributed by atoms with E-state index in [1.807, 2.05) is 20.1 Å². The maximum atomic E-state index is 11.4. The van der Waals surface area contributed by atoms with Crippen LogP contribution in [0.1, 0.15) is 27.2 Å². The van der Waals surface area contributed by atoms with Crippen molar-refractivity contribution in [3.63, 3.8) is 0 Å². The monoisotopic (exact) mass is 219 g/mol. The summed E-state index contributed by atoms with van der Waals surface area (Å²) in [6, 6.07) is 0. The van der Waals surface area contributed by atoms with Gasteiger partial charge in [-0.1, -0.05) is 13.8 Å². The van der Waals surface area contributed by atoms with Gasteiger partial charge in [-0.25, -0.2) is 0 Å². The van der Waals surface area contributed by atoms with Crippen LogP contribution in [0.3, 0.4) is 0 Å². The number of carbonyl (C=O) groups is 1. The van der Waals surface area contributed by atoms with Gasteiger partial charge >= 0.3 is 0 Å². The van der Waals surface area contributed by atoms with Crippen LogP contribution >= 0.6 is 11.8 Å². The summed E-state index contributed by atoms with van der Waals surface area (Å²) in [5, 5.41) is 12.5. The summed E-state index contributed by atoms with van der Waals surface area (Å²) in [4.78, 5) is 11.4. The van der Waals surface area contributed by atoms with Crippen molar-refractivity contribution >= 4 is 17.7 Å². The summed E-state index contributed by atoms with van der Waals surface area (Å²) in [5.74, 6) is 0.683. The Hall–Kier alpha value is -0.220. The van der Waals surface area contributed by atoms with E-state index in [1.165, 1.54) is 0 Å². The molecule has 2 atom stereocenters. The molecule has 0 aromatic rings. The van der Waals surface area contributed by atoms with Crippen LogP contribution in [0.25, 0.3) is 0 Å². The molecule has 0 saturated heterocycles. The van der Waals surface area contributed by atoms with Crippen LogP contribution in [0.15, 0.2) is 0 Å². The molecule has 0 aromatic heterocycles. The number of rotatable bonds is 6. The fourth-order valence-electron chi connectivity index (χ4n) is 0.999. The second kappa shape index (κ2) is 6.30. The molecule has 4 heteroatoms. The number of hydrogen-bond acceptors (Lipinski definition) is 3. The largest absolute Gasteiger partial charge is 0.387 e. The first-order chi connectivity index (χ1) is 6.43. The summed E-state index contributed by atoms with van der Waals surface area (Å²) in [7, 11) is 0. The molecule has 0 aromatic carbocycles. The van der Waals surface area contributed by atoms with Gasteiger partial charge in [0.15, 0.2) is 0 Å². The molecule has 0 aliphatic carbocycles. The lowest BCUT2D eigenvalue weighted by Crippen LogP contribution is -2.43. The van der Waals surface area contributed by atoms with Crippen LogP contribution < -0.4 is 5.32 Å². The molecule has 1 amide bonds. The Morgan fingerprint density at radius 1 is 1.64 bits per heavy atom. The fourth-order valence-corrected chi connectivity index (χ4v) is 1.72. The van der Waals surface area contributed by atoms with Crippen LogP contribution in [-0.2, 0) is 4.79 Å². The lowest BCUT2D eigenvalue weighted by atomic mass is 10.1. The van der Waals surface area contributed by atoms with Crippen molar-refractivity contribution < 1.29 is 9.90 Å². The van der Waals surface area contributed by atoms with Gasteiger partial charge in [0.25, 0.3) is 0 Å². The fraction of sp³-hybridized carbons (Fsp3) is 0.900. The van der Waals surface area contributed by atoms with Crippen molar-refractivity contribution in [2.24, 2.45) is 5.92 Å². The highest BCUT2D eigenvalue weighted by Crippen LogP contribution is 2.09. The van der Waals surface area contributed by atoms with E-state index in [1.54, 1.807) is 18.7 Å². The zero-order valence-electron chi connectivity index (χ0n) is 9.46. The average molecular weight is 219 g/mol. The smallest absolute Gasteiger partial charge is 0.222 e. The molecular formula is C10H21NO2S. The first kappa shape index (κ1) is 13.8. The number of thioether (sulfide) groups is 1. The first-order valence-corrected chi connectivity index (χ1v) is 6.31. The van der Waals surface area contributed by atoms with Gasteiger partial charge in [-0.3, -0.25) is 4.79 Å². The molecule has 0 saturated carbocycles. The van der Waals surface area contributed by atoms with Crippen LogP contribution in [0.5, 0.6) is 0 Å². The molecule has 0 fully saturated rings. The van der Waals surface area contributed by atoms with Crippen molar-refractivity contribution in [3.05, 3.63) is 0 Å². The van der Waals surface area contributed by atoms with Gasteiger partial charge in [0.2, 0.25) is 5.91 Å². The standard InChI is InChI=1S/C10H21NO2S/c1-5-8(2)9(12)11-6-10(3,13)7-14-4/h8,13H,5-7H2,1-4H3,(H,11,12). The second-order valence-corrected chi connectivity index (χ2v) is 4.82. The van der Waals surface area contributed by atoms with E-state index < -0.39 is 5.60 Å². The Morgan fingerprint density at radius 3 is 2.64 bits per heavy atom. The Kier molecular flexibility index (Phi) is 6.20. The van der Waals surface area contributed by atoms with Crippen LogP contribution in [0, 0.1) is 5.92 Å². The zero-order valence-corrected chi connectivity index (χ0v) is 10.3. The zero-order chi connectivity index (χ0) is 11.2. The molecule has 0 bridgehead atoms. The van der Waals surface area contributed by atoms with E-state index in [2.05, 4.69) is 5.32 Å². The Labute approximate surface area is 90.7 Å². The highest BCUT2D eigenvalue weighted by atomic mass is 32.2. The Morgan fingerprint density at radius 2 is 2.21 bits per heavy atom. The lowest BCUT2D eigenvalue weighted by Gasteiger charge is -2.23. The van der Waals surface area contributed by atoms with Crippen LogP contribution in [0.2, 0.25) is 0 Å². The van der Waals surface area contributed by atoms with E-state index in [0.29, 0.717) is 12.3 Å². The van der Waals surface area contributed by atoms with E-state index in [4.69, 9.17) is 0 Å². The van der Waals surface area contributed by atoms with Crippen LogP contribution in [-0.4, -0.2) is 35.2 Å². The second-order valence-electron chi connectivity index (χ2n) is 3.96. The van der Waals surface area contributed by atoms with Gasteiger partial charge < -0.3 is 10.4 Å². The maximum Gasteiger partial charge on any atom is 0.222 e. The molecule has 3 nitrogen and oxygen atoms in total. The summed E-state index contributed by atoms with van der Waals surface area (Å²) >= 11 is 1.57. The third kappa shape index (κ3) is 5.50. The molecule has 14 heavy (non-hydrogen) atoms.